The molecule has 8 heteroatoms. The van der Waals surface area contributed by atoms with Gasteiger partial charge in [0.15, 0.2) is 6.61 Å². The Morgan fingerprint density at radius 2 is 2.03 bits per heavy atom. The number of rotatable bonds is 8. The van der Waals surface area contributed by atoms with Crippen molar-refractivity contribution in [3.05, 3.63) is 60.0 Å². The van der Waals surface area contributed by atoms with E-state index in [1.807, 2.05) is 30.3 Å². The van der Waals surface area contributed by atoms with Gasteiger partial charge in [-0.25, -0.2) is 0 Å². The van der Waals surface area contributed by atoms with Crippen molar-refractivity contribution in [2.75, 3.05) is 20.3 Å². The fourth-order valence-corrected chi connectivity index (χ4v) is 3.20. The molecule has 4 rings (SSSR count). The third-order valence-corrected chi connectivity index (χ3v) is 4.81. The molecule has 2 aromatic carbocycles. The molecule has 0 spiro atoms. The van der Waals surface area contributed by atoms with Crippen LogP contribution in [0, 0.1) is 0 Å². The molecular formula is C22H23N3O5. The average Bonchev–Trinajstić information content (AvgIpc) is 3.48. The summed E-state index contributed by atoms with van der Waals surface area (Å²) in [4.78, 5) is 16.9. The van der Waals surface area contributed by atoms with Crippen molar-refractivity contribution >= 4 is 5.91 Å². The molecule has 1 saturated heterocycles. The Morgan fingerprint density at radius 1 is 1.20 bits per heavy atom. The minimum atomic E-state index is -0.203. The van der Waals surface area contributed by atoms with Gasteiger partial charge in [0.25, 0.3) is 11.8 Å². The summed E-state index contributed by atoms with van der Waals surface area (Å²) in [7, 11) is 1.61. The third-order valence-electron chi connectivity index (χ3n) is 4.81. The van der Waals surface area contributed by atoms with Gasteiger partial charge in [-0.2, -0.15) is 4.98 Å². The van der Waals surface area contributed by atoms with Gasteiger partial charge in [-0.1, -0.05) is 17.3 Å². The Bertz CT molecular complexity index is 980. The number of para-hydroxylation sites is 1. The van der Waals surface area contributed by atoms with Crippen LogP contribution in [0.25, 0.3) is 11.4 Å². The van der Waals surface area contributed by atoms with E-state index in [0.717, 1.165) is 30.8 Å². The monoisotopic (exact) mass is 409 g/mol. The molecule has 1 aromatic heterocycles. The quantitative estimate of drug-likeness (QED) is 0.610. The highest BCUT2D eigenvalue weighted by Gasteiger charge is 2.19. The van der Waals surface area contributed by atoms with E-state index in [2.05, 4.69) is 15.5 Å². The second-order valence-corrected chi connectivity index (χ2v) is 6.87. The van der Waals surface area contributed by atoms with Crippen LogP contribution in [-0.2, 0) is 11.3 Å². The van der Waals surface area contributed by atoms with Gasteiger partial charge in [0, 0.05) is 18.7 Å². The zero-order chi connectivity index (χ0) is 20.8. The standard InChI is InChI=1S/C22H23N3O5/c1-27-16-10-8-15(9-11-16)21-24-20(30-25-21)14-29-19-7-3-2-6-18(19)22(26)23-13-17-5-4-12-28-17/h2-3,6-11,17H,4-5,12-14H2,1H3,(H,23,26). The summed E-state index contributed by atoms with van der Waals surface area (Å²) < 4.78 is 21.8. The Morgan fingerprint density at radius 3 is 2.80 bits per heavy atom. The highest BCUT2D eigenvalue weighted by Crippen LogP contribution is 2.22. The maximum atomic E-state index is 12.6. The number of carbonyl (C=O) groups excluding carboxylic acids is 1. The molecule has 3 aromatic rings. The Kier molecular flexibility index (Phi) is 6.24. The summed E-state index contributed by atoms with van der Waals surface area (Å²) in [5, 5.41) is 6.89. The third kappa shape index (κ3) is 4.77. The molecule has 30 heavy (non-hydrogen) atoms. The molecule has 8 nitrogen and oxygen atoms in total. The molecule has 0 bridgehead atoms. The summed E-state index contributed by atoms with van der Waals surface area (Å²) in [6.45, 7) is 1.30. The molecule has 156 valence electrons. The van der Waals surface area contributed by atoms with E-state index in [-0.39, 0.29) is 18.6 Å². The topological polar surface area (TPSA) is 95.7 Å². The van der Waals surface area contributed by atoms with Crippen molar-refractivity contribution in [1.82, 2.24) is 15.5 Å². The van der Waals surface area contributed by atoms with Crippen molar-refractivity contribution in [2.45, 2.75) is 25.6 Å². The van der Waals surface area contributed by atoms with Gasteiger partial charge in [-0.3, -0.25) is 4.79 Å². The molecule has 0 radical (unpaired) electrons. The van der Waals surface area contributed by atoms with Crippen LogP contribution < -0.4 is 14.8 Å². The van der Waals surface area contributed by atoms with E-state index < -0.39 is 0 Å². The summed E-state index contributed by atoms with van der Waals surface area (Å²) in [6, 6.07) is 14.4. The fourth-order valence-electron chi connectivity index (χ4n) is 3.20. The highest BCUT2D eigenvalue weighted by atomic mass is 16.5. The zero-order valence-corrected chi connectivity index (χ0v) is 16.7. The minimum Gasteiger partial charge on any atom is -0.497 e. The largest absolute Gasteiger partial charge is 0.497 e. The first-order valence-electron chi connectivity index (χ1n) is 9.81. The Hall–Kier alpha value is -3.39. The number of benzene rings is 2. The lowest BCUT2D eigenvalue weighted by atomic mass is 10.1. The molecule has 0 aliphatic carbocycles. The predicted molar refractivity (Wildman–Crippen MR) is 108 cm³/mol. The van der Waals surface area contributed by atoms with Gasteiger partial charge < -0.3 is 24.1 Å². The maximum absolute atomic E-state index is 12.6. The van der Waals surface area contributed by atoms with Gasteiger partial charge >= 0.3 is 0 Å². The van der Waals surface area contributed by atoms with E-state index in [0.29, 0.717) is 29.6 Å². The van der Waals surface area contributed by atoms with Crippen LogP contribution >= 0.6 is 0 Å². The van der Waals surface area contributed by atoms with E-state index in [1.54, 1.807) is 25.3 Å². The van der Waals surface area contributed by atoms with E-state index in [4.69, 9.17) is 18.7 Å². The van der Waals surface area contributed by atoms with Crippen LogP contribution in [0.5, 0.6) is 11.5 Å². The summed E-state index contributed by atoms with van der Waals surface area (Å²) in [5.74, 6) is 1.77. The van der Waals surface area contributed by atoms with Crippen LogP contribution in [0.4, 0.5) is 0 Å². The average molecular weight is 409 g/mol. The molecule has 1 fully saturated rings. The van der Waals surface area contributed by atoms with Crippen LogP contribution in [0.1, 0.15) is 29.1 Å². The summed E-state index contributed by atoms with van der Waals surface area (Å²) >= 11 is 0. The summed E-state index contributed by atoms with van der Waals surface area (Å²) in [5.41, 5.74) is 1.25. The number of nitrogens with one attached hydrogen (secondary N) is 1. The first kappa shape index (κ1) is 19.9. The van der Waals surface area contributed by atoms with E-state index in [1.165, 1.54) is 0 Å². The van der Waals surface area contributed by atoms with Crippen molar-refractivity contribution < 1.29 is 23.5 Å². The first-order valence-corrected chi connectivity index (χ1v) is 9.81. The minimum absolute atomic E-state index is 0.0547. The number of nitrogens with zero attached hydrogens (tertiary/aromatic N) is 2. The second-order valence-electron chi connectivity index (χ2n) is 6.87. The molecule has 1 unspecified atom stereocenters. The van der Waals surface area contributed by atoms with Crippen LogP contribution in [0.3, 0.4) is 0 Å². The molecule has 1 aliphatic rings. The van der Waals surface area contributed by atoms with Gasteiger partial charge in [-0.05, 0) is 49.2 Å². The Labute approximate surface area is 174 Å². The number of amides is 1. The lowest BCUT2D eigenvalue weighted by Gasteiger charge is -2.13. The van der Waals surface area contributed by atoms with Gasteiger partial charge in [-0.15, -0.1) is 0 Å². The van der Waals surface area contributed by atoms with Crippen LogP contribution in [0.15, 0.2) is 53.1 Å². The molecule has 1 N–H and O–H groups in total. The van der Waals surface area contributed by atoms with Crippen LogP contribution in [-0.4, -0.2) is 42.4 Å². The molecule has 1 amide bonds. The Balaban J connectivity index is 1.38. The second kappa shape index (κ2) is 9.41. The number of hydrogen-bond acceptors (Lipinski definition) is 7. The number of carbonyl (C=O) groups is 1. The van der Waals surface area contributed by atoms with Crippen molar-refractivity contribution in [2.24, 2.45) is 0 Å². The lowest BCUT2D eigenvalue weighted by molar-refractivity contribution is 0.0853. The zero-order valence-electron chi connectivity index (χ0n) is 16.7. The molecule has 0 saturated carbocycles. The number of hydrogen-bond donors (Lipinski definition) is 1. The lowest BCUT2D eigenvalue weighted by Crippen LogP contribution is -2.32. The van der Waals surface area contributed by atoms with E-state index in [9.17, 15) is 4.79 Å². The van der Waals surface area contributed by atoms with Gasteiger partial charge in [0.1, 0.15) is 11.5 Å². The fraction of sp³-hybridized carbons (Fsp3) is 0.318. The molecule has 1 atom stereocenters. The van der Waals surface area contributed by atoms with E-state index >= 15 is 0 Å². The summed E-state index contributed by atoms with van der Waals surface area (Å²) in [6.07, 6.45) is 2.08. The van der Waals surface area contributed by atoms with Gasteiger partial charge in [0.2, 0.25) is 5.82 Å². The first-order chi connectivity index (χ1) is 14.7. The van der Waals surface area contributed by atoms with Crippen LogP contribution in [0.2, 0.25) is 0 Å². The SMILES string of the molecule is COc1ccc(-c2noc(COc3ccccc3C(=O)NCC3CCCO3)n2)cc1. The maximum Gasteiger partial charge on any atom is 0.264 e. The molecular weight excluding hydrogens is 386 g/mol. The smallest absolute Gasteiger partial charge is 0.264 e. The van der Waals surface area contributed by atoms with Crippen molar-refractivity contribution in [3.63, 3.8) is 0 Å². The molecule has 2 heterocycles. The number of aromatic nitrogens is 2. The predicted octanol–water partition coefficient (Wildman–Crippen LogP) is 3.23. The normalized spacial score (nSPS) is 15.7. The van der Waals surface area contributed by atoms with Crippen molar-refractivity contribution in [1.29, 1.82) is 0 Å². The van der Waals surface area contributed by atoms with Gasteiger partial charge in [0.05, 0.1) is 18.8 Å². The number of methoxy groups -OCH3 is 1. The number of ether oxygens (including phenoxy) is 3. The highest BCUT2D eigenvalue weighted by molar-refractivity contribution is 5.96. The molecule has 1 aliphatic heterocycles. The van der Waals surface area contributed by atoms with Crippen molar-refractivity contribution in [3.8, 4) is 22.9 Å².